The highest BCUT2D eigenvalue weighted by molar-refractivity contribution is 5.96. The number of methoxy groups -OCH3 is 1. The first-order valence-electron chi connectivity index (χ1n) is 10.3. The summed E-state index contributed by atoms with van der Waals surface area (Å²) in [7, 11) is 1.62. The zero-order valence-corrected chi connectivity index (χ0v) is 17.6. The molecule has 1 aromatic carbocycles. The quantitative estimate of drug-likeness (QED) is 0.649. The second kappa shape index (κ2) is 8.26. The molecule has 0 aliphatic carbocycles. The summed E-state index contributed by atoms with van der Waals surface area (Å²) in [6, 6.07) is 9.30. The zero-order chi connectivity index (χ0) is 21.3. The molecular weight excluding hydrogens is 380 g/mol. The molecular formula is C23H26N4O3. The van der Waals surface area contributed by atoms with E-state index in [-0.39, 0.29) is 18.1 Å². The molecule has 0 radical (unpaired) electrons. The maximum Gasteiger partial charge on any atom is 0.255 e. The van der Waals surface area contributed by atoms with Crippen LogP contribution in [0.4, 0.5) is 0 Å². The normalized spacial score (nSPS) is 14.8. The van der Waals surface area contributed by atoms with Crippen LogP contribution < -0.4 is 4.74 Å². The minimum Gasteiger partial charge on any atom is -0.497 e. The van der Waals surface area contributed by atoms with Crippen molar-refractivity contribution in [3.8, 4) is 11.4 Å². The Morgan fingerprint density at radius 1 is 1.17 bits per heavy atom. The Morgan fingerprint density at radius 3 is 2.50 bits per heavy atom. The number of carbonyl (C=O) groups excluding carboxylic acids is 2. The average molecular weight is 406 g/mol. The van der Waals surface area contributed by atoms with E-state index in [0.717, 1.165) is 37.4 Å². The van der Waals surface area contributed by atoms with Crippen molar-refractivity contribution < 1.29 is 14.3 Å². The molecule has 3 aromatic rings. The Bertz CT molecular complexity index is 1080. The minimum atomic E-state index is -0.0107. The number of aromatic nitrogens is 3. The van der Waals surface area contributed by atoms with Crippen LogP contribution in [0, 0.1) is 5.92 Å². The summed E-state index contributed by atoms with van der Waals surface area (Å²) in [4.78, 5) is 35.9. The maximum atomic E-state index is 12.9. The van der Waals surface area contributed by atoms with Gasteiger partial charge in [-0.15, -0.1) is 0 Å². The van der Waals surface area contributed by atoms with Crippen molar-refractivity contribution in [2.75, 3.05) is 20.2 Å². The van der Waals surface area contributed by atoms with Gasteiger partial charge in [0.25, 0.3) is 5.91 Å². The summed E-state index contributed by atoms with van der Waals surface area (Å²) in [6.07, 6.45) is 3.85. The molecule has 0 saturated carbocycles. The number of ketones is 1. The van der Waals surface area contributed by atoms with Crippen LogP contribution >= 0.6 is 0 Å². The summed E-state index contributed by atoms with van der Waals surface area (Å²) >= 11 is 0. The molecule has 7 nitrogen and oxygen atoms in total. The number of imidazole rings is 1. The number of hydrogen-bond donors (Lipinski definition) is 0. The molecule has 156 valence electrons. The van der Waals surface area contributed by atoms with Gasteiger partial charge in [0, 0.05) is 25.0 Å². The van der Waals surface area contributed by atoms with Crippen LogP contribution in [-0.4, -0.2) is 51.3 Å². The van der Waals surface area contributed by atoms with Crippen molar-refractivity contribution in [3.63, 3.8) is 0 Å². The van der Waals surface area contributed by atoms with Gasteiger partial charge in [-0.25, -0.2) is 9.97 Å². The van der Waals surface area contributed by atoms with Gasteiger partial charge in [-0.2, -0.15) is 0 Å². The first-order chi connectivity index (χ1) is 14.5. The lowest BCUT2D eigenvalue weighted by Gasteiger charge is -2.30. The third-order valence-corrected chi connectivity index (χ3v) is 5.62. The fourth-order valence-electron chi connectivity index (χ4n) is 3.87. The van der Waals surface area contributed by atoms with Crippen molar-refractivity contribution in [1.29, 1.82) is 0 Å². The van der Waals surface area contributed by atoms with Crippen LogP contribution in [0.1, 0.15) is 42.9 Å². The van der Waals surface area contributed by atoms with Gasteiger partial charge in [0.2, 0.25) is 0 Å². The highest BCUT2D eigenvalue weighted by Crippen LogP contribution is 2.24. The van der Waals surface area contributed by atoms with E-state index in [1.807, 2.05) is 33.7 Å². The van der Waals surface area contributed by atoms with Gasteiger partial charge in [-0.1, -0.05) is 6.92 Å². The first-order valence-corrected chi connectivity index (χ1v) is 10.3. The Hall–Kier alpha value is -3.22. The highest BCUT2D eigenvalue weighted by Gasteiger charge is 2.23. The third-order valence-electron chi connectivity index (χ3n) is 5.62. The predicted octanol–water partition coefficient (Wildman–Crippen LogP) is 3.43. The molecule has 1 saturated heterocycles. The molecule has 1 aliphatic heterocycles. The molecule has 1 fully saturated rings. The molecule has 0 N–H and O–H groups in total. The maximum absolute atomic E-state index is 12.9. The summed E-state index contributed by atoms with van der Waals surface area (Å²) in [5, 5.41) is 0. The van der Waals surface area contributed by atoms with Crippen molar-refractivity contribution in [3.05, 3.63) is 47.9 Å². The monoisotopic (exact) mass is 406 g/mol. The summed E-state index contributed by atoms with van der Waals surface area (Å²) in [5.74, 6) is 2.01. The van der Waals surface area contributed by atoms with E-state index in [0.29, 0.717) is 28.5 Å². The van der Waals surface area contributed by atoms with E-state index < -0.39 is 0 Å². The lowest BCUT2D eigenvalue weighted by Crippen LogP contribution is -2.37. The van der Waals surface area contributed by atoms with E-state index in [2.05, 4.69) is 16.9 Å². The number of rotatable bonds is 5. The number of carbonyl (C=O) groups is 2. The molecule has 3 heterocycles. The molecule has 0 atom stereocenters. The fourth-order valence-corrected chi connectivity index (χ4v) is 3.87. The van der Waals surface area contributed by atoms with Crippen LogP contribution in [0.5, 0.6) is 5.75 Å². The van der Waals surface area contributed by atoms with Crippen molar-refractivity contribution in [2.45, 2.75) is 33.1 Å². The number of piperidine rings is 1. The number of fused-ring (bicyclic) bond motifs is 1. The molecule has 0 unspecified atom stereocenters. The van der Waals surface area contributed by atoms with Crippen LogP contribution in [0.2, 0.25) is 0 Å². The first kappa shape index (κ1) is 20.1. The number of pyridine rings is 1. The second-order valence-corrected chi connectivity index (χ2v) is 7.98. The number of amides is 1. The van der Waals surface area contributed by atoms with E-state index in [1.54, 1.807) is 19.4 Å². The standard InChI is InChI=1S/C23H26N4O3/c1-15-8-10-26(11-9-15)23(29)17-13-20-22(24-14-17)27(21(25-20)12-16(2)28)18-4-6-19(30-3)7-5-18/h4-7,13-15H,8-12H2,1-3H3. The fraction of sp³-hybridized carbons (Fsp3) is 0.391. The molecule has 0 bridgehead atoms. The van der Waals surface area contributed by atoms with E-state index in [1.165, 1.54) is 6.92 Å². The lowest BCUT2D eigenvalue weighted by atomic mass is 9.99. The van der Waals surface area contributed by atoms with Gasteiger partial charge >= 0.3 is 0 Å². The topological polar surface area (TPSA) is 77.3 Å². The Balaban J connectivity index is 1.73. The van der Waals surface area contributed by atoms with E-state index in [9.17, 15) is 9.59 Å². The molecule has 30 heavy (non-hydrogen) atoms. The molecule has 7 heteroatoms. The van der Waals surface area contributed by atoms with Crippen LogP contribution in [0.3, 0.4) is 0 Å². The van der Waals surface area contributed by atoms with Crippen LogP contribution in [0.15, 0.2) is 36.5 Å². The van der Waals surface area contributed by atoms with E-state index in [4.69, 9.17) is 4.74 Å². The van der Waals surface area contributed by atoms with Crippen LogP contribution in [-0.2, 0) is 11.2 Å². The van der Waals surface area contributed by atoms with Crippen molar-refractivity contribution in [2.24, 2.45) is 5.92 Å². The Labute approximate surface area is 175 Å². The SMILES string of the molecule is COc1ccc(-n2c(CC(C)=O)nc3cc(C(=O)N4CCC(C)CC4)cnc32)cc1. The van der Waals surface area contributed by atoms with Gasteiger partial charge in [-0.3, -0.25) is 14.2 Å². The number of Topliss-reactive ketones (excluding diaryl/α,β-unsaturated/α-hetero) is 1. The molecule has 0 spiro atoms. The number of likely N-dealkylation sites (tertiary alicyclic amines) is 1. The number of hydrogen-bond acceptors (Lipinski definition) is 5. The van der Waals surface area contributed by atoms with Gasteiger partial charge in [0.15, 0.2) is 5.65 Å². The molecule has 4 rings (SSSR count). The van der Waals surface area contributed by atoms with Gasteiger partial charge in [0.05, 0.1) is 19.1 Å². The minimum absolute atomic E-state index is 0.0107. The van der Waals surface area contributed by atoms with Crippen LogP contribution in [0.25, 0.3) is 16.9 Å². The smallest absolute Gasteiger partial charge is 0.255 e. The van der Waals surface area contributed by atoms with Crippen molar-refractivity contribution in [1.82, 2.24) is 19.4 Å². The van der Waals surface area contributed by atoms with Gasteiger partial charge in [-0.05, 0) is 56.0 Å². The number of benzene rings is 1. The highest BCUT2D eigenvalue weighted by atomic mass is 16.5. The number of ether oxygens (including phenoxy) is 1. The molecule has 2 aromatic heterocycles. The largest absolute Gasteiger partial charge is 0.497 e. The lowest BCUT2D eigenvalue weighted by molar-refractivity contribution is -0.116. The Morgan fingerprint density at radius 2 is 1.87 bits per heavy atom. The zero-order valence-electron chi connectivity index (χ0n) is 17.6. The summed E-state index contributed by atoms with van der Waals surface area (Å²) < 4.78 is 7.11. The Kier molecular flexibility index (Phi) is 5.53. The third kappa shape index (κ3) is 3.92. The molecule has 1 amide bonds. The second-order valence-electron chi connectivity index (χ2n) is 7.98. The summed E-state index contributed by atoms with van der Waals surface area (Å²) in [6.45, 7) is 5.30. The number of nitrogens with zero attached hydrogens (tertiary/aromatic N) is 4. The summed E-state index contributed by atoms with van der Waals surface area (Å²) in [5.41, 5.74) is 2.61. The average Bonchev–Trinajstić information content (AvgIpc) is 3.10. The predicted molar refractivity (Wildman–Crippen MR) is 114 cm³/mol. The van der Waals surface area contributed by atoms with Gasteiger partial charge < -0.3 is 9.64 Å². The van der Waals surface area contributed by atoms with Crippen molar-refractivity contribution >= 4 is 22.9 Å². The molecule has 1 aliphatic rings. The van der Waals surface area contributed by atoms with E-state index >= 15 is 0 Å². The van der Waals surface area contributed by atoms with Gasteiger partial charge in [0.1, 0.15) is 22.9 Å².